The van der Waals surface area contributed by atoms with E-state index in [-0.39, 0.29) is 72.0 Å². The predicted octanol–water partition coefficient (Wildman–Crippen LogP) is 1.74. The van der Waals surface area contributed by atoms with Gasteiger partial charge in [0.25, 0.3) is 5.56 Å². The highest BCUT2D eigenvalue weighted by molar-refractivity contribution is 7.92. The zero-order valence-corrected chi connectivity index (χ0v) is 23.1. The van der Waals surface area contributed by atoms with E-state index in [0.717, 1.165) is 21.1 Å². The molecule has 1 aromatic heterocycles. The second kappa shape index (κ2) is 11.9. The number of rotatable bonds is 8. The Kier molecular flexibility index (Phi) is 8.95. The van der Waals surface area contributed by atoms with Crippen LogP contribution in [-0.4, -0.2) is 81.3 Å². The molecule has 2 saturated heterocycles. The molecule has 0 unspecified atom stereocenters. The summed E-state index contributed by atoms with van der Waals surface area (Å²) in [5, 5.41) is 14.7. The zero-order valence-electron chi connectivity index (χ0n) is 20.7. The number of alkyl halides is 2. The maximum Gasteiger partial charge on any atom is 0.329 e. The van der Waals surface area contributed by atoms with Gasteiger partial charge in [-0.15, -0.1) is 0 Å². The minimum absolute atomic E-state index is 0.000263. The summed E-state index contributed by atoms with van der Waals surface area (Å²) in [5.74, 6) is -1.41. The number of benzene rings is 1. The van der Waals surface area contributed by atoms with Gasteiger partial charge in [0.05, 0.1) is 54.2 Å². The third-order valence-electron chi connectivity index (χ3n) is 6.62. The first-order valence-electron chi connectivity index (χ1n) is 11.9. The van der Waals surface area contributed by atoms with E-state index >= 15 is 0 Å². The van der Waals surface area contributed by atoms with Gasteiger partial charge >= 0.3 is 16.8 Å². The summed E-state index contributed by atoms with van der Waals surface area (Å²) < 4.78 is 99.3. The van der Waals surface area contributed by atoms with Crippen molar-refractivity contribution in [2.75, 3.05) is 48.2 Å². The normalized spacial score (nSPS) is 20.2. The van der Waals surface area contributed by atoms with Crippen molar-refractivity contribution in [3.05, 3.63) is 51.2 Å². The molecule has 0 spiro atoms. The van der Waals surface area contributed by atoms with Crippen LogP contribution < -0.4 is 15.2 Å². The number of piperidine rings is 1. The molecule has 0 amide bonds. The summed E-state index contributed by atoms with van der Waals surface area (Å²) in [6.07, 6.45) is 1.27. The molecule has 2 aromatic rings. The van der Waals surface area contributed by atoms with Crippen LogP contribution in [0.3, 0.4) is 0 Å². The minimum atomic E-state index is -4.89. The number of anilines is 2. The number of hydrogen-bond acceptors (Lipinski definition) is 9. The summed E-state index contributed by atoms with van der Waals surface area (Å²) in [4.78, 5) is 12.9. The molecule has 18 heteroatoms. The number of hydrogen-bond donors (Lipinski definition) is 1. The number of aromatic nitrogens is 2. The van der Waals surface area contributed by atoms with E-state index in [9.17, 15) is 34.8 Å². The summed E-state index contributed by atoms with van der Waals surface area (Å²) in [6, 6.07) is 3.50. The molecule has 0 radical (unpaired) electrons. The van der Waals surface area contributed by atoms with E-state index in [0.29, 0.717) is 6.07 Å². The van der Waals surface area contributed by atoms with Crippen LogP contribution in [0.1, 0.15) is 24.4 Å². The van der Waals surface area contributed by atoms with Crippen molar-refractivity contribution in [1.29, 1.82) is 5.26 Å². The van der Waals surface area contributed by atoms with Crippen molar-refractivity contribution < 1.29 is 34.7 Å². The smallest absolute Gasteiger partial charge is 0.329 e. The molecule has 0 bridgehead atoms. The Morgan fingerprint density at radius 2 is 2.00 bits per heavy atom. The summed E-state index contributed by atoms with van der Waals surface area (Å²) in [6.45, 7) is -4.10. The van der Waals surface area contributed by atoms with E-state index in [1.54, 1.807) is 6.07 Å². The molecule has 1 aromatic carbocycles. The second-order valence-corrected chi connectivity index (χ2v) is 13.6. The van der Waals surface area contributed by atoms with Crippen molar-refractivity contribution >= 4 is 43.0 Å². The maximum absolute atomic E-state index is 14.4. The second-order valence-electron chi connectivity index (χ2n) is 9.06. The van der Waals surface area contributed by atoms with Crippen molar-refractivity contribution in [2.24, 2.45) is 0 Å². The number of ether oxygens (including phenoxy) is 1. The van der Waals surface area contributed by atoms with Gasteiger partial charge in [0, 0.05) is 19.6 Å². The summed E-state index contributed by atoms with van der Waals surface area (Å²) >= 11 is 6.22. The van der Waals surface area contributed by atoms with E-state index in [4.69, 9.17) is 21.6 Å². The first-order chi connectivity index (χ1) is 18.9. The lowest BCUT2D eigenvalue weighted by Crippen LogP contribution is -2.50. The van der Waals surface area contributed by atoms with Gasteiger partial charge in [-0.1, -0.05) is 11.6 Å². The Bertz CT molecular complexity index is 1580. The van der Waals surface area contributed by atoms with Crippen LogP contribution in [-0.2, 0) is 24.8 Å². The van der Waals surface area contributed by atoms with E-state index in [1.165, 1.54) is 6.20 Å². The molecule has 40 heavy (non-hydrogen) atoms. The molecular formula is C22H24ClF3N6O6S2. The highest BCUT2D eigenvalue weighted by atomic mass is 35.5. The van der Waals surface area contributed by atoms with Gasteiger partial charge in [0.2, 0.25) is 0 Å². The average molecular weight is 625 g/mol. The van der Waals surface area contributed by atoms with Crippen LogP contribution in [0.5, 0.6) is 0 Å². The standard InChI is InChI=1S/C22H24ClF3N6O6S2/c23-20-18(28-11-16-13-38-7-8-39(16,34)35)12-29-31(21(20)33)15-3-5-30(6-4-15)40(36,37)32(22(25)26)19-2-1-14(10-27)9-17(19)24/h1-2,9,12,15-16,22,28H,3-8,11,13H2/t16-/m0/s1. The van der Waals surface area contributed by atoms with E-state index < -0.39 is 55.0 Å². The number of nitriles is 1. The van der Waals surface area contributed by atoms with Crippen molar-refractivity contribution in [3.8, 4) is 6.07 Å². The lowest BCUT2D eigenvalue weighted by molar-refractivity contribution is 0.140. The highest BCUT2D eigenvalue weighted by Gasteiger charge is 2.39. The quantitative estimate of drug-likeness (QED) is 0.433. The van der Waals surface area contributed by atoms with Crippen LogP contribution in [0.25, 0.3) is 0 Å². The van der Waals surface area contributed by atoms with Gasteiger partial charge in [0.1, 0.15) is 16.1 Å². The Labute approximate surface area is 233 Å². The van der Waals surface area contributed by atoms with Crippen LogP contribution in [0.4, 0.5) is 24.5 Å². The molecule has 0 saturated carbocycles. The monoisotopic (exact) mass is 624 g/mol. The first-order valence-corrected chi connectivity index (χ1v) is 15.4. The molecule has 2 fully saturated rings. The van der Waals surface area contributed by atoms with Crippen molar-refractivity contribution in [2.45, 2.75) is 30.7 Å². The lowest BCUT2D eigenvalue weighted by atomic mass is 10.1. The first kappa shape index (κ1) is 30.1. The Morgan fingerprint density at radius 1 is 1.30 bits per heavy atom. The molecule has 12 nitrogen and oxygen atoms in total. The SMILES string of the molecule is N#Cc1ccc(N(C(F)F)S(=O)(=O)N2CCC(n3ncc(NC[C@H]4COCCS4(=O)=O)c(Cl)c3=O)CC2)c(F)c1. The highest BCUT2D eigenvalue weighted by Crippen LogP contribution is 2.31. The van der Waals surface area contributed by atoms with E-state index in [1.807, 2.05) is 0 Å². The van der Waals surface area contributed by atoms with Crippen molar-refractivity contribution in [1.82, 2.24) is 14.1 Å². The predicted molar refractivity (Wildman–Crippen MR) is 139 cm³/mol. The van der Waals surface area contributed by atoms with Gasteiger partial charge in [-0.3, -0.25) is 4.79 Å². The molecule has 2 aliphatic heterocycles. The number of nitrogens with one attached hydrogen (secondary N) is 1. The molecular weight excluding hydrogens is 601 g/mol. The molecule has 0 aliphatic carbocycles. The maximum atomic E-state index is 14.4. The van der Waals surface area contributed by atoms with Gasteiger partial charge in [0.15, 0.2) is 9.84 Å². The zero-order chi connectivity index (χ0) is 29.2. The fraction of sp³-hybridized carbons (Fsp3) is 0.500. The van der Waals surface area contributed by atoms with Crippen molar-refractivity contribution in [3.63, 3.8) is 0 Å². The largest absolute Gasteiger partial charge is 0.381 e. The van der Waals surface area contributed by atoms with Gasteiger partial charge in [-0.25, -0.2) is 17.5 Å². The molecule has 3 heterocycles. The lowest BCUT2D eigenvalue weighted by Gasteiger charge is -2.35. The molecule has 4 rings (SSSR count). The summed E-state index contributed by atoms with van der Waals surface area (Å²) in [5.41, 5.74) is -1.67. The van der Waals surface area contributed by atoms with Crippen LogP contribution in [0, 0.1) is 17.1 Å². The fourth-order valence-corrected chi connectivity index (χ4v) is 7.47. The van der Waals surface area contributed by atoms with Gasteiger partial charge in [-0.05, 0) is 31.0 Å². The topological polar surface area (TPSA) is 155 Å². The van der Waals surface area contributed by atoms with Crippen LogP contribution in [0.15, 0.2) is 29.2 Å². The molecule has 2 aliphatic rings. The third kappa shape index (κ3) is 6.05. The van der Waals surface area contributed by atoms with Crippen LogP contribution in [0.2, 0.25) is 5.02 Å². The minimum Gasteiger partial charge on any atom is -0.381 e. The Morgan fingerprint density at radius 3 is 2.60 bits per heavy atom. The Hall–Kier alpha value is -2.91. The summed E-state index contributed by atoms with van der Waals surface area (Å²) in [7, 11) is -8.25. The van der Waals surface area contributed by atoms with E-state index in [2.05, 4.69) is 10.4 Å². The number of sulfone groups is 1. The van der Waals surface area contributed by atoms with Gasteiger partial charge in [-0.2, -0.15) is 36.2 Å². The molecule has 1 atom stereocenters. The van der Waals surface area contributed by atoms with Crippen LogP contribution >= 0.6 is 11.6 Å². The van der Waals surface area contributed by atoms with Gasteiger partial charge < -0.3 is 10.1 Å². The number of nitrogens with zero attached hydrogens (tertiary/aromatic N) is 5. The third-order valence-corrected chi connectivity index (χ3v) is 10.9. The Balaban J connectivity index is 1.46. The fourth-order valence-electron chi connectivity index (χ4n) is 4.43. The molecule has 1 N–H and O–H groups in total. The number of halogens is 4. The molecule has 218 valence electrons. The average Bonchev–Trinajstić information content (AvgIpc) is 2.91.